The number of benzene rings is 1. The van der Waals surface area contributed by atoms with Crippen molar-refractivity contribution >= 4 is 44.8 Å². The highest BCUT2D eigenvalue weighted by Gasteiger charge is 2.10. The zero-order valence-electron chi connectivity index (χ0n) is 10.2. The van der Waals surface area contributed by atoms with Crippen LogP contribution in [0.2, 0.25) is 10.0 Å². The molecule has 1 atom stereocenters. The Morgan fingerprint density at radius 2 is 1.82 bits per heavy atom. The Labute approximate surface area is 122 Å². The number of halogens is 3. The Morgan fingerprint density at radius 1 is 1.24 bits per heavy atom. The second-order valence-electron chi connectivity index (χ2n) is 4.29. The first kappa shape index (κ1) is 15.1. The lowest BCUT2D eigenvalue weighted by Gasteiger charge is -2.17. The largest absolute Gasteiger partial charge is 0.380 e. The molecule has 0 bridgehead atoms. The van der Waals surface area contributed by atoms with Crippen molar-refractivity contribution in [1.82, 2.24) is 0 Å². The van der Waals surface area contributed by atoms with Gasteiger partial charge in [-0.3, -0.25) is 0 Å². The van der Waals surface area contributed by atoms with Crippen molar-refractivity contribution in [3.8, 4) is 0 Å². The van der Waals surface area contributed by atoms with E-state index < -0.39 is 0 Å². The summed E-state index contributed by atoms with van der Waals surface area (Å²) in [6.45, 7) is 4.37. The molecule has 0 aliphatic carbocycles. The van der Waals surface area contributed by atoms with Gasteiger partial charge in [0.1, 0.15) is 0 Å². The van der Waals surface area contributed by atoms with Crippen LogP contribution in [0, 0.1) is 0 Å². The molecule has 0 fully saturated rings. The van der Waals surface area contributed by atoms with Crippen LogP contribution in [0.25, 0.3) is 0 Å². The summed E-state index contributed by atoms with van der Waals surface area (Å²) in [4.78, 5) is 0. The van der Waals surface area contributed by atoms with Gasteiger partial charge in [0.25, 0.3) is 0 Å². The highest BCUT2D eigenvalue weighted by Crippen LogP contribution is 2.34. The van der Waals surface area contributed by atoms with Gasteiger partial charge >= 0.3 is 0 Å². The third-order valence-corrected chi connectivity index (χ3v) is 3.69. The standard InChI is InChI=1S/C13H18BrCl2N/c1-3-4-5-6-9(2)17-13-11(15)7-10(14)8-12(13)16/h7-9,17H,3-6H2,1-2H3. The van der Waals surface area contributed by atoms with E-state index in [4.69, 9.17) is 23.2 Å². The molecular formula is C13H18BrCl2N. The minimum absolute atomic E-state index is 0.387. The van der Waals surface area contributed by atoms with E-state index in [1.54, 1.807) is 0 Å². The van der Waals surface area contributed by atoms with Crippen LogP contribution in [0.3, 0.4) is 0 Å². The van der Waals surface area contributed by atoms with E-state index in [0.29, 0.717) is 16.1 Å². The van der Waals surface area contributed by atoms with E-state index >= 15 is 0 Å². The smallest absolute Gasteiger partial charge is 0.0721 e. The number of rotatable bonds is 6. The van der Waals surface area contributed by atoms with Gasteiger partial charge in [-0.05, 0) is 25.5 Å². The summed E-state index contributed by atoms with van der Waals surface area (Å²) in [5, 5.41) is 4.70. The van der Waals surface area contributed by atoms with E-state index in [-0.39, 0.29) is 0 Å². The maximum atomic E-state index is 6.16. The van der Waals surface area contributed by atoms with Crippen LogP contribution >= 0.6 is 39.1 Å². The molecule has 0 aromatic heterocycles. The van der Waals surface area contributed by atoms with Gasteiger partial charge in [-0.25, -0.2) is 0 Å². The van der Waals surface area contributed by atoms with Crippen molar-refractivity contribution in [2.75, 3.05) is 5.32 Å². The summed E-state index contributed by atoms with van der Waals surface area (Å²) >= 11 is 15.7. The molecule has 0 spiro atoms. The summed E-state index contributed by atoms with van der Waals surface area (Å²) in [7, 11) is 0. The number of nitrogens with one attached hydrogen (secondary N) is 1. The van der Waals surface area contributed by atoms with Gasteiger partial charge in [-0.15, -0.1) is 0 Å². The summed E-state index contributed by atoms with van der Waals surface area (Å²) in [5.41, 5.74) is 0.834. The average molecular weight is 339 g/mol. The van der Waals surface area contributed by atoms with E-state index in [9.17, 15) is 0 Å². The number of anilines is 1. The van der Waals surface area contributed by atoms with Crippen LogP contribution in [-0.2, 0) is 0 Å². The van der Waals surface area contributed by atoms with Crippen LogP contribution in [0.15, 0.2) is 16.6 Å². The maximum absolute atomic E-state index is 6.16. The van der Waals surface area contributed by atoms with E-state index in [1.165, 1.54) is 19.3 Å². The van der Waals surface area contributed by atoms with Gasteiger partial charge in [0, 0.05) is 10.5 Å². The molecule has 0 heterocycles. The third kappa shape index (κ3) is 5.07. The van der Waals surface area contributed by atoms with Crippen LogP contribution in [0.1, 0.15) is 39.5 Å². The average Bonchev–Trinajstić information content (AvgIpc) is 2.24. The lowest BCUT2D eigenvalue weighted by molar-refractivity contribution is 0.615. The lowest BCUT2D eigenvalue weighted by atomic mass is 10.1. The first-order chi connectivity index (χ1) is 8.04. The molecular weight excluding hydrogens is 321 g/mol. The zero-order chi connectivity index (χ0) is 12.8. The highest BCUT2D eigenvalue weighted by atomic mass is 79.9. The fraction of sp³-hybridized carbons (Fsp3) is 0.538. The maximum Gasteiger partial charge on any atom is 0.0721 e. The van der Waals surface area contributed by atoms with E-state index in [1.807, 2.05) is 12.1 Å². The molecule has 1 nitrogen and oxygen atoms in total. The first-order valence-electron chi connectivity index (χ1n) is 5.95. The summed E-state index contributed by atoms with van der Waals surface area (Å²) in [5.74, 6) is 0. The van der Waals surface area contributed by atoms with Crippen LogP contribution in [-0.4, -0.2) is 6.04 Å². The Balaban J connectivity index is 2.61. The summed E-state index contributed by atoms with van der Waals surface area (Å²) < 4.78 is 0.900. The molecule has 96 valence electrons. The van der Waals surface area contributed by atoms with Crippen LogP contribution < -0.4 is 5.32 Å². The second kappa shape index (κ2) is 7.50. The molecule has 17 heavy (non-hydrogen) atoms. The fourth-order valence-corrected chi connectivity index (χ4v) is 3.02. The van der Waals surface area contributed by atoms with Crippen molar-refractivity contribution < 1.29 is 0 Å². The van der Waals surface area contributed by atoms with Crippen molar-refractivity contribution in [2.24, 2.45) is 0 Å². The second-order valence-corrected chi connectivity index (χ2v) is 6.02. The highest BCUT2D eigenvalue weighted by molar-refractivity contribution is 9.10. The molecule has 1 unspecified atom stereocenters. The molecule has 0 aliphatic rings. The van der Waals surface area contributed by atoms with Gasteiger partial charge in [0.05, 0.1) is 15.7 Å². The molecule has 0 amide bonds. The quantitative estimate of drug-likeness (QED) is 0.614. The molecule has 0 aliphatic heterocycles. The zero-order valence-corrected chi connectivity index (χ0v) is 13.3. The van der Waals surface area contributed by atoms with Crippen molar-refractivity contribution in [3.63, 3.8) is 0 Å². The Bertz CT molecular complexity index is 345. The van der Waals surface area contributed by atoms with Gasteiger partial charge in [-0.1, -0.05) is 65.3 Å². The Kier molecular flexibility index (Phi) is 6.68. The lowest BCUT2D eigenvalue weighted by Crippen LogP contribution is -2.15. The van der Waals surface area contributed by atoms with Gasteiger partial charge in [-0.2, -0.15) is 0 Å². The van der Waals surface area contributed by atoms with Crippen LogP contribution in [0.5, 0.6) is 0 Å². The topological polar surface area (TPSA) is 12.0 Å². The predicted molar refractivity (Wildman–Crippen MR) is 81.4 cm³/mol. The molecule has 4 heteroatoms. The molecule has 0 saturated carbocycles. The molecule has 1 aromatic rings. The normalized spacial score (nSPS) is 12.5. The first-order valence-corrected chi connectivity index (χ1v) is 7.50. The monoisotopic (exact) mass is 337 g/mol. The number of hydrogen-bond acceptors (Lipinski definition) is 1. The van der Waals surface area contributed by atoms with Crippen molar-refractivity contribution in [3.05, 3.63) is 26.7 Å². The Hall–Kier alpha value is 0.0800. The van der Waals surface area contributed by atoms with Crippen LogP contribution in [0.4, 0.5) is 5.69 Å². The summed E-state index contributed by atoms with van der Waals surface area (Å²) in [6, 6.07) is 4.10. The molecule has 0 radical (unpaired) electrons. The minimum Gasteiger partial charge on any atom is -0.380 e. The van der Waals surface area contributed by atoms with E-state index in [2.05, 4.69) is 35.1 Å². The van der Waals surface area contributed by atoms with Gasteiger partial charge in [0.15, 0.2) is 0 Å². The number of hydrogen-bond donors (Lipinski definition) is 1. The molecule has 1 aromatic carbocycles. The fourth-order valence-electron chi connectivity index (χ4n) is 1.70. The Morgan fingerprint density at radius 3 is 2.35 bits per heavy atom. The molecule has 1 N–H and O–H groups in total. The van der Waals surface area contributed by atoms with Gasteiger partial charge in [0.2, 0.25) is 0 Å². The number of unbranched alkanes of at least 4 members (excludes halogenated alkanes) is 2. The predicted octanol–water partition coefficient (Wildman–Crippen LogP) is 6.14. The SMILES string of the molecule is CCCCCC(C)Nc1c(Cl)cc(Br)cc1Cl. The minimum atomic E-state index is 0.387. The van der Waals surface area contributed by atoms with Gasteiger partial charge < -0.3 is 5.32 Å². The third-order valence-electron chi connectivity index (χ3n) is 2.64. The van der Waals surface area contributed by atoms with E-state index in [0.717, 1.165) is 16.6 Å². The molecule has 0 saturated heterocycles. The van der Waals surface area contributed by atoms with Crippen molar-refractivity contribution in [1.29, 1.82) is 0 Å². The van der Waals surface area contributed by atoms with Crippen molar-refractivity contribution in [2.45, 2.75) is 45.6 Å². The summed E-state index contributed by atoms with van der Waals surface area (Å²) in [6.07, 6.45) is 4.88. The molecule has 1 rings (SSSR count).